The summed E-state index contributed by atoms with van der Waals surface area (Å²) in [5.41, 5.74) is 5.79. The van der Waals surface area contributed by atoms with Crippen LogP contribution in [0.25, 0.3) is 0 Å². The number of piperidine rings is 1. The standard InChI is InChI=1S/C17H19ClN4O4S2/c18-12-1-3-14(4-2-12)28(25,26)21-17-20-13(10-27-17)9-15(23)22-7-5-11(6-8-22)16(19)24/h1-4,10-11H,5-9H2,(H2,19,24)(H,20,21). The van der Waals surface area contributed by atoms with E-state index < -0.39 is 10.0 Å². The van der Waals surface area contributed by atoms with E-state index in [1.54, 1.807) is 10.3 Å². The lowest BCUT2D eigenvalue weighted by molar-refractivity contribution is -0.134. The largest absolute Gasteiger partial charge is 0.369 e. The van der Waals surface area contributed by atoms with Crippen LogP contribution in [0.15, 0.2) is 34.5 Å². The summed E-state index contributed by atoms with van der Waals surface area (Å²) in [6, 6.07) is 5.78. The van der Waals surface area contributed by atoms with E-state index in [2.05, 4.69) is 9.71 Å². The number of sulfonamides is 1. The highest BCUT2D eigenvalue weighted by Gasteiger charge is 2.26. The summed E-state index contributed by atoms with van der Waals surface area (Å²) in [7, 11) is -3.78. The van der Waals surface area contributed by atoms with Gasteiger partial charge in [-0.2, -0.15) is 0 Å². The van der Waals surface area contributed by atoms with Crippen LogP contribution in [-0.4, -0.2) is 43.2 Å². The van der Waals surface area contributed by atoms with Crippen LogP contribution in [0.3, 0.4) is 0 Å². The lowest BCUT2D eigenvalue weighted by atomic mass is 9.96. The molecular formula is C17H19ClN4O4S2. The molecule has 150 valence electrons. The normalized spacial score (nSPS) is 15.4. The van der Waals surface area contributed by atoms with E-state index >= 15 is 0 Å². The summed E-state index contributed by atoms with van der Waals surface area (Å²) in [6.45, 7) is 0.958. The fourth-order valence-electron chi connectivity index (χ4n) is 2.90. The third-order valence-corrected chi connectivity index (χ3v) is 7.02. The van der Waals surface area contributed by atoms with Crippen molar-refractivity contribution in [3.63, 3.8) is 0 Å². The van der Waals surface area contributed by atoms with Gasteiger partial charge in [0, 0.05) is 29.4 Å². The fourth-order valence-corrected chi connectivity index (χ4v) is 4.99. The number of likely N-dealkylation sites (tertiary alicyclic amines) is 1. The minimum atomic E-state index is -3.78. The van der Waals surface area contributed by atoms with Crippen LogP contribution in [0.4, 0.5) is 5.13 Å². The lowest BCUT2D eigenvalue weighted by Gasteiger charge is -2.30. The summed E-state index contributed by atoms with van der Waals surface area (Å²) in [6.07, 6.45) is 1.19. The maximum atomic E-state index is 12.4. The number of carbonyl (C=O) groups is 2. The molecule has 0 spiro atoms. The molecule has 2 heterocycles. The van der Waals surface area contributed by atoms with Gasteiger partial charge >= 0.3 is 0 Å². The molecule has 11 heteroatoms. The zero-order valence-electron chi connectivity index (χ0n) is 14.8. The number of primary amides is 1. The average Bonchev–Trinajstić information content (AvgIpc) is 3.08. The summed E-state index contributed by atoms with van der Waals surface area (Å²) in [4.78, 5) is 29.6. The molecule has 1 fully saturated rings. The number of nitrogens with one attached hydrogen (secondary N) is 1. The van der Waals surface area contributed by atoms with Crippen LogP contribution in [-0.2, 0) is 26.0 Å². The molecule has 8 nitrogen and oxygen atoms in total. The Morgan fingerprint density at radius 1 is 1.25 bits per heavy atom. The zero-order chi connectivity index (χ0) is 20.3. The molecule has 0 atom stereocenters. The highest BCUT2D eigenvalue weighted by molar-refractivity contribution is 7.93. The number of hydrogen-bond acceptors (Lipinski definition) is 6. The summed E-state index contributed by atoms with van der Waals surface area (Å²) in [5.74, 6) is -0.623. The lowest BCUT2D eigenvalue weighted by Crippen LogP contribution is -2.42. The molecule has 0 unspecified atom stereocenters. The zero-order valence-corrected chi connectivity index (χ0v) is 17.2. The third-order valence-electron chi connectivity index (χ3n) is 4.48. The van der Waals surface area contributed by atoms with Gasteiger partial charge < -0.3 is 10.6 Å². The van der Waals surface area contributed by atoms with Crippen molar-refractivity contribution in [3.05, 3.63) is 40.4 Å². The van der Waals surface area contributed by atoms with Crippen molar-refractivity contribution < 1.29 is 18.0 Å². The first-order chi connectivity index (χ1) is 13.2. The monoisotopic (exact) mass is 442 g/mol. The van der Waals surface area contributed by atoms with E-state index in [0.29, 0.717) is 36.6 Å². The average molecular weight is 443 g/mol. The second-order valence-corrected chi connectivity index (χ2v) is 9.41. The molecule has 2 amide bonds. The molecule has 0 bridgehead atoms. The quantitative estimate of drug-likeness (QED) is 0.706. The summed E-state index contributed by atoms with van der Waals surface area (Å²) in [5, 5.41) is 2.27. The second kappa shape index (κ2) is 8.46. The molecule has 0 aliphatic carbocycles. The molecule has 1 aromatic carbocycles. The second-order valence-electron chi connectivity index (χ2n) is 6.44. The van der Waals surface area contributed by atoms with Gasteiger partial charge in [-0.1, -0.05) is 11.6 Å². The molecular weight excluding hydrogens is 424 g/mol. The number of benzene rings is 1. The van der Waals surface area contributed by atoms with E-state index in [1.165, 1.54) is 24.3 Å². The molecule has 1 saturated heterocycles. The Morgan fingerprint density at radius 3 is 2.50 bits per heavy atom. The van der Waals surface area contributed by atoms with Gasteiger partial charge in [0.25, 0.3) is 10.0 Å². The number of halogens is 1. The molecule has 3 N–H and O–H groups in total. The molecule has 0 saturated carbocycles. The smallest absolute Gasteiger partial charge is 0.263 e. The van der Waals surface area contributed by atoms with Gasteiger partial charge in [-0.05, 0) is 37.1 Å². The highest BCUT2D eigenvalue weighted by Crippen LogP contribution is 2.23. The summed E-state index contributed by atoms with van der Waals surface area (Å²) < 4.78 is 27.2. The first kappa shape index (κ1) is 20.6. The van der Waals surface area contributed by atoms with Gasteiger partial charge in [-0.3, -0.25) is 14.3 Å². The number of anilines is 1. The highest BCUT2D eigenvalue weighted by atomic mass is 35.5. The van der Waals surface area contributed by atoms with Crippen LogP contribution in [0.1, 0.15) is 18.5 Å². The van der Waals surface area contributed by atoms with Crippen molar-refractivity contribution in [1.82, 2.24) is 9.88 Å². The maximum absolute atomic E-state index is 12.4. The predicted octanol–water partition coefficient (Wildman–Crippen LogP) is 1.86. The van der Waals surface area contributed by atoms with Crippen molar-refractivity contribution in [2.45, 2.75) is 24.2 Å². The minimum absolute atomic E-state index is 0.0699. The number of hydrogen-bond donors (Lipinski definition) is 2. The van der Waals surface area contributed by atoms with E-state index in [0.717, 1.165) is 11.3 Å². The Morgan fingerprint density at radius 2 is 1.89 bits per heavy atom. The third kappa shape index (κ3) is 5.00. The van der Waals surface area contributed by atoms with Gasteiger partial charge in [-0.25, -0.2) is 13.4 Å². The Kier molecular flexibility index (Phi) is 6.21. The van der Waals surface area contributed by atoms with Crippen molar-refractivity contribution in [1.29, 1.82) is 0 Å². The Bertz CT molecular complexity index is 967. The van der Waals surface area contributed by atoms with E-state index in [-0.39, 0.29) is 34.2 Å². The van der Waals surface area contributed by atoms with Gasteiger partial charge in [0.15, 0.2) is 5.13 Å². The van der Waals surface area contributed by atoms with E-state index in [9.17, 15) is 18.0 Å². The SMILES string of the molecule is NC(=O)C1CCN(C(=O)Cc2csc(NS(=O)(=O)c3ccc(Cl)cc3)n2)CC1. The fraction of sp³-hybridized carbons (Fsp3) is 0.353. The molecule has 2 aromatic rings. The van der Waals surface area contributed by atoms with Gasteiger partial charge in [0.05, 0.1) is 17.0 Å². The number of thiazole rings is 1. The molecule has 1 aliphatic rings. The molecule has 1 aromatic heterocycles. The van der Waals surface area contributed by atoms with E-state index in [4.69, 9.17) is 17.3 Å². The van der Waals surface area contributed by atoms with Crippen molar-refractivity contribution in [3.8, 4) is 0 Å². The number of amides is 2. The maximum Gasteiger partial charge on any atom is 0.263 e. The number of aromatic nitrogens is 1. The van der Waals surface area contributed by atoms with Gasteiger partial charge in [0.1, 0.15) is 0 Å². The van der Waals surface area contributed by atoms with Crippen LogP contribution in [0, 0.1) is 5.92 Å². The Hall–Kier alpha value is -2.17. The van der Waals surface area contributed by atoms with Crippen molar-refractivity contribution >= 4 is 49.9 Å². The van der Waals surface area contributed by atoms with Crippen molar-refractivity contribution in [2.75, 3.05) is 17.8 Å². The number of nitrogens with zero attached hydrogens (tertiary/aromatic N) is 2. The van der Waals surface area contributed by atoms with Crippen LogP contribution in [0.5, 0.6) is 0 Å². The Balaban J connectivity index is 1.59. The van der Waals surface area contributed by atoms with Crippen molar-refractivity contribution in [2.24, 2.45) is 11.7 Å². The summed E-state index contributed by atoms with van der Waals surface area (Å²) >= 11 is 6.88. The number of nitrogens with two attached hydrogens (primary N) is 1. The van der Waals surface area contributed by atoms with Crippen LogP contribution >= 0.6 is 22.9 Å². The molecule has 1 aliphatic heterocycles. The molecule has 0 radical (unpaired) electrons. The van der Waals surface area contributed by atoms with Gasteiger partial charge in [0.2, 0.25) is 11.8 Å². The Labute approximate surface area is 171 Å². The minimum Gasteiger partial charge on any atom is -0.369 e. The van der Waals surface area contributed by atoms with Gasteiger partial charge in [-0.15, -0.1) is 11.3 Å². The first-order valence-electron chi connectivity index (χ1n) is 8.54. The van der Waals surface area contributed by atoms with E-state index in [1.807, 2.05) is 0 Å². The predicted molar refractivity (Wildman–Crippen MR) is 107 cm³/mol. The molecule has 28 heavy (non-hydrogen) atoms. The molecule has 3 rings (SSSR count). The van der Waals surface area contributed by atoms with Crippen LogP contribution < -0.4 is 10.5 Å². The number of carbonyl (C=O) groups excluding carboxylic acids is 2. The number of rotatable bonds is 6. The van der Waals surface area contributed by atoms with Crippen LogP contribution in [0.2, 0.25) is 5.02 Å². The first-order valence-corrected chi connectivity index (χ1v) is 11.3. The topological polar surface area (TPSA) is 122 Å².